The standard InChI is InChI=1S/C17H19NO4/c1-21-12-7-8-13-14(19)10-16(22-15(13)9-12)17(20)18-11-5-3-2-4-6-11/h7-11H,2-6H2,1H3,(H,18,20). The number of methoxy groups -OCH3 is 1. The van der Waals surface area contributed by atoms with Gasteiger partial charge in [-0.15, -0.1) is 0 Å². The van der Waals surface area contributed by atoms with E-state index in [9.17, 15) is 9.59 Å². The van der Waals surface area contributed by atoms with Gasteiger partial charge in [0, 0.05) is 18.2 Å². The Balaban J connectivity index is 1.89. The fourth-order valence-electron chi connectivity index (χ4n) is 2.88. The number of carbonyl (C=O) groups excluding carboxylic acids is 1. The number of rotatable bonds is 3. The van der Waals surface area contributed by atoms with Crippen molar-refractivity contribution in [3.8, 4) is 5.75 Å². The van der Waals surface area contributed by atoms with Crippen LogP contribution in [0.25, 0.3) is 11.0 Å². The first kappa shape index (κ1) is 14.6. The molecule has 0 spiro atoms. The van der Waals surface area contributed by atoms with Crippen LogP contribution in [0, 0.1) is 0 Å². The zero-order valence-electron chi connectivity index (χ0n) is 12.6. The number of benzene rings is 1. The summed E-state index contributed by atoms with van der Waals surface area (Å²) in [7, 11) is 1.54. The molecule has 0 bridgehead atoms. The van der Waals surface area contributed by atoms with E-state index in [1.54, 1.807) is 25.3 Å². The Kier molecular flexibility index (Phi) is 4.13. The van der Waals surface area contributed by atoms with Gasteiger partial charge in [-0.2, -0.15) is 0 Å². The molecule has 1 fully saturated rings. The lowest BCUT2D eigenvalue weighted by Gasteiger charge is -2.22. The van der Waals surface area contributed by atoms with E-state index >= 15 is 0 Å². The average Bonchev–Trinajstić information content (AvgIpc) is 2.55. The second-order valence-corrected chi connectivity index (χ2v) is 5.65. The first-order valence-corrected chi connectivity index (χ1v) is 7.60. The van der Waals surface area contributed by atoms with Crippen LogP contribution in [0.2, 0.25) is 0 Å². The molecule has 0 saturated heterocycles. The summed E-state index contributed by atoms with van der Waals surface area (Å²) in [5.41, 5.74) is 0.137. The van der Waals surface area contributed by atoms with Gasteiger partial charge in [-0.1, -0.05) is 19.3 Å². The molecule has 2 aromatic rings. The van der Waals surface area contributed by atoms with Gasteiger partial charge < -0.3 is 14.5 Å². The highest BCUT2D eigenvalue weighted by Gasteiger charge is 2.19. The average molecular weight is 301 g/mol. The van der Waals surface area contributed by atoms with E-state index in [0.29, 0.717) is 16.7 Å². The highest BCUT2D eigenvalue weighted by Crippen LogP contribution is 2.20. The minimum Gasteiger partial charge on any atom is -0.497 e. The van der Waals surface area contributed by atoms with Gasteiger partial charge in [0.1, 0.15) is 11.3 Å². The first-order valence-electron chi connectivity index (χ1n) is 7.60. The minimum atomic E-state index is -0.325. The number of hydrogen-bond acceptors (Lipinski definition) is 4. The van der Waals surface area contributed by atoms with E-state index < -0.39 is 0 Å². The van der Waals surface area contributed by atoms with Gasteiger partial charge in [0.05, 0.1) is 12.5 Å². The molecule has 1 aliphatic carbocycles. The quantitative estimate of drug-likeness (QED) is 0.946. The number of ether oxygens (including phenoxy) is 1. The topological polar surface area (TPSA) is 68.5 Å². The van der Waals surface area contributed by atoms with Crippen LogP contribution in [-0.2, 0) is 0 Å². The van der Waals surface area contributed by atoms with E-state index in [4.69, 9.17) is 9.15 Å². The van der Waals surface area contributed by atoms with E-state index in [2.05, 4.69) is 5.32 Å². The van der Waals surface area contributed by atoms with Crippen molar-refractivity contribution < 1.29 is 13.9 Å². The van der Waals surface area contributed by atoms with E-state index in [1.165, 1.54) is 12.5 Å². The molecule has 1 aromatic heterocycles. The molecule has 1 amide bonds. The number of carbonyl (C=O) groups is 1. The maximum absolute atomic E-state index is 12.3. The number of amides is 1. The Bertz CT molecular complexity index is 744. The predicted octanol–water partition coefficient (Wildman–Crippen LogP) is 2.86. The Morgan fingerprint density at radius 1 is 1.23 bits per heavy atom. The normalized spacial score (nSPS) is 15.7. The van der Waals surface area contributed by atoms with Gasteiger partial charge in [-0.3, -0.25) is 9.59 Å². The van der Waals surface area contributed by atoms with E-state index in [0.717, 1.165) is 25.7 Å². The zero-order valence-corrected chi connectivity index (χ0v) is 12.6. The van der Waals surface area contributed by atoms with Crippen LogP contribution >= 0.6 is 0 Å². The molecule has 1 aliphatic rings. The van der Waals surface area contributed by atoms with Crippen LogP contribution in [0.3, 0.4) is 0 Å². The minimum absolute atomic E-state index is 0.0522. The molecule has 0 atom stereocenters. The molecular weight excluding hydrogens is 282 g/mol. The van der Waals surface area contributed by atoms with Crippen LogP contribution in [0.5, 0.6) is 5.75 Å². The third kappa shape index (κ3) is 2.98. The van der Waals surface area contributed by atoms with Gasteiger partial charge >= 0.3 is 0 Å². The number of nitrogens with one attached hydrogen (secondary N) is 1. The van der Waals surface area contributed by atoms with Gasteiger partial charge in [0.15, 0.2) is 11.2 Å². The second-order valence-electron chi connectivity index (χ2n) is 5.65. The maximum Gasteiger partial charge on any atom is 0.287 e. The lowest BCUT2D eigenvalue weighted by atomic mass is 9.95. The summed E-state index contributed by atoms with van der Waals surface area (Å²) < 4.78 is 10.7. The molecule has 1 heterocycles. The van der Waals surface area contributed by atoms with Gasteiger partial charge in [-0.25, -0.2) is 0 Å². The van der Waals surface area contributed by atoms with Crippen molar-refractivity contribution in [2.45, 2.75) is 38.1 Å². The lowest BCUT2D eigenvalue weighted by molar-refractivity contribution is 0.0900. The van der Waals surface area contributed by atoms with Crippen molar-refractivity contribution in [2.75, 3.05) is 7.11 Å². The van der Waals surface area contributed by atoms with Crippen LogP contribution in [-0.4, -0.2) is 19.1 Å². The van der Waals surface area contributed by atoms with Gasteiger partial charge in [-0.05, 0) is 25.0 Å². The molecule has 22 heavy (non-hydrogen) atoms. The molecular formula is C17H19NO4. The third-order valence-electron chi connectivity index (χ3n) is 4.10. The predicted molar refractivity (Wildman–Crippen MR) is 83.4 cm³/mol. The Hall–Kier alpha value is -2.30. The summed E-state index contributed by atoms with van der Waals surface area (Å²) in [5, 5.41) is 3.39. The van der Waals surface area contributed by atoms with Crippen LogP contribution in [0.15, 0.2) is 33.5 Å². The van der Waals surface area contributed by atoms with Crippen molar-refractivity contribution in [2.24, 2.45) is 0 Å². The maximum atomic E-state index is 12.3. The number of hydrogen-bond donors (Lipinski definition) is 1. The van der Waals surface area contributed by atoms with Crippen LogP contribution < -0.4 is 15.5 Å². The number of fused-ring (bicyclic) bond motifs is 1. The Morgan fingerprint density at radius 2 is 2.00 bits per heavy atom. The molecule has 0 aliphatic heterocycles. The Labute approximate surface area is 128 Å². The zero-order chi connectivity index (χ0) is 15.5. The molecule has 0 radical (unpaired) electrons. The van der Waals surface area contributed by atoms with Crippen molar-refractivity contribution in [3.63, 3.8) is 0 Å². The van der Waals surface area contributed by atoms with Crippen molar-refractivity contribution >= 4 is 16.9 Å². The summed E-state index contributed by atoms with van der Waals surface area (Å²) in [6, 6.07) is 6.39. The Morgan fingerprint density at radius 3 is 2.73 bits per heavy atom. The highest BCUT2D eigenvalue weighted by atomic mass is 16.5. The largest absolute Gasteiger partial charge is 0.497 e. The summed E-state index contributed by atoms with van der Waals surface area (Å²) >= 11 is 0. The third-order valence-corrected chi connectivity index (χ3v) is 4.10. The summed E-state index contributed by atoms with van der Waals surface area (Å²) in [5.74, 6) is 0.311. The van der Waals surface area contributed by atoms with Crippen molar-refractivity contribution in [1.29, 1.82) is 0 Å². The SMILES string of the molecule is COc1ccc2c(=O)cc(C(=O)NC3CCCCC3)oc2c1. The van der Waals surface area contributed by atoms with Crippen LogP contribution in [0.4, 0.5) is 0 Å². The molecule has 0 unspecified atom stereocenters. The van der Waals surface area contributed by atoms with Crippen molar-refractivity contribution in [1.82, 2.24) is 5.32 Å². The second kappa shape index (κ2) is 6.22. The molecule has 3 rings (SSSR count). The van der Waals surface area contributed by atoms with Gasteiger partial charge in [0.2, 0.25) is 0 Å². The molecule has 116 valence electrons. The smallest absolute Gasteiger partial charge is 0.287 e. The first-order chi connectivity index (χ1) is 10.7. The van der Waals surface area contributed by atoms with Gasteiger partial charge in [0.25, 0.3) is 5.91 Å². The summed E-state index contributed by atoms with van der Waals surface area (Å²) in [4.78, 5) is 24.4. The van der Waals surface area contributed by atoms with Crippen LogP contribution in [0.1, 0.15) is 42.7 Å². The molecule has 1 N–H and O–H groups in total. The van der Waals surface area contributed by atoms with E-state index in [1.807, 2.05) is 0 Å². The fourth-order valence-corrected chi connectivity index (χ4v) is 2.88. The highest BCUT2D eigenvalue weighted by molar-refractivity contribution is 5.93. The summed E-state index contributed by atoms with van der Waals surface area (Å²) in [6.45, 7) is 0. The molecule has 5 nitrogen and oxygen atoms in total. The van der Waals surface area contributed by atoms with Crippen molar-refractivity contribution in [3.05, 3.63) is 40.2 Å². The van der Waals surface area contributed by atoms with E-state index in [-0.39, 0.29) is 23.1 Å². The molecule has 1 saturated carbocycles. The lowest BCUT2D eigenvalue weighted by Crippen LogP contribution is -2.36. The fraction of sp³-hybridized carbons (Fsp3) is 0.412. The summed E-state index contributed by atoms with van der Waals surface area (Å²) in [6.07, 6.45) is 5.44. The molecule has 1 aromatic carbocycles. The molecule has 5 heteroatoms. The monoisotopic (exact) mass is 301 g/mol.